The van der Waals surface area contributed by atoms with Gasteiger partial charge in [0.05, 0.1) is 23.7 Å². The molecule has 0 saturated carbocycles. The maximum atomic E-state index is 13.4. The van der Waals surface area contributed by atoms with Crippen LogP contribution in [0.1, 0.15) is 77.6 Å². The predicted molar refractivity (Wildman–Crippen MR) is 200 cm³/mol. The van der Waals surface area contributed by atoms with Crippen molar-refractivity contribution < 1.29 is 50.6 Å². The second-order valence-electron chi connectivity index (χ2n) is 12.4. The number of para-hydroxylation sites is 1. The van der Waals surface area contributed by atoms with E-state index in [1.807, 2.05) is 43.0 Å². The van der Waals surface area contributed by atoms with Gasteiger partial charge < -0.3 is 29.9 Å². The van der Waals surface area contributed by atoms with Gasteiger partial charge in [0.1, 0.15) is 10.6 Å². The Morgan fingerprint density at radius 3 is 2.24 bits per heavy atom. The van der Waals surface area contributed by atoms with E-state index in [4.69, 9.17) is 9.84 Å². The lowest BCUT2D eigenvalue weighted by Crippen LogP contribution is -2.55. The first kappa shape index (κ1) is 46.9. The molecule has 55 heavy (non-hydrogen) atoms. The molecule has 0 spiro atoms. The van der Waals surface area contributed by atoms with Crippen LogP contribution in [0.25, 0.3) is 0 Å². The summed E-state index contributed by atoms with van der Waals surface area (Å²) in [4.78, 5) is 45.4. The molecule has 2 atom stereocenters. The van der Waals surface area contributed by atoms with Crippen LogP contribution in [0, 0.1) is 5.92 Å². The normalized spacial score (nSPS) is 17.4. The molecule has 2 aliphatic rings. The van der Waals surface area contributed by atoms with Crippen LogP contribution in [0.3, 0.4) is 0 Å². The number of aromatic nitrogens is 1. The molecule has 2 N–H and O–H groups in total. The Balaban J connectivity index is 0.000000354. The third-order valence-corrected chi connectivity index (χ3v) is 9.74. The van der Waals surface area contributed by atoms with Crippen molar-refractivity contribution in [2.75, 3.05) is 64.9 Å². The number of benzene rings is 1. The van der Waals surface area contributed by atoms with Gasteiger partial charge in [0.25, 0.3) is 5.91 Å². The number of nitrogens with one attached hydrogen (secondary N) is 1. The fraction of sp³-hybridized carbons (Fsp3) is 0.526. The third-order valence-electron chi connectivity index (χ3n) is 8.78. The minimum absolute atomic E-state index is 0.0844. The highest BCUT2D eigenvalue weighted by Crippen LogP contribution is 2.36. The van der Waals surface area contributed by atoms with Crippen molar-refractivity contribution in [1.29, 1.82) is 0 Å². The van der Waals surface area contributed by atoms with Crippen LogP contribution in [0.4, 0.5) is 32.0 Å². The van der Waals surface area contributed by atoms with Crippen molar-refractivity contribution in [2.24, 2.45) is 5.92 Å². The summed E-state index contributed by atoms with van der Waals surface area (Å²) in [7, 11) is 3.78. The number of likely N-dealkylation sites (tertiary alicyclic amines) is 1. The van der Waals surface area contributed by atoms with Crippen molar-refractivity contribution in [3.05, 3.63) is 75.7 Å². The van der Waals surface area contributed by atoms with Crippen molar-refractivity contribution in [3.63, 3.8) is 0 Å². The number of aromatic hydroxyl groups is 1. The average Bonchev–Trinajstić information content (AvgIpc) is 3.63. The number of piperidine rings is 1. The van der Waals surface area contributed by atoms with Crippen LogP contribution >= 0.6 is 11.3 Å². The van der Waals surface area contributed by atoms with Gasteiger partial charge in [-0.1, -0.05) is 39.3 Å². The van der Waals surface area contributed by atoms with E-state index in [-0.39, 0.29) is 23.9 Å². The number of aldehydes is 1. The number of halogens is 6. The van der Waals surface area contributed by atoms with E-state index >= 15 is 0 Å². The number of anilines is 1. The summed E-state index contributed by atoms with van der Waals surface area (Å²) in [5.41, 5.74) is 0.221. The van der Waals surface area contributed by atoms with E-state index in [1.165, 1.54) is 0 Å². The first-order chi connectivity index (χ1) is 26.1. The number of nitrogens with zero attached hydrogens (tertiary/aromatic N) is 4. The number of carbonyl (C=O) groups is 3. The fourth-order valence-corrected chi connectivity index (χ4v) is 6.81. The Morgan fingerprint density at radius 1 is 1.04 bits per heavy atom. The van der Waals surface area contributed by atoms with Crippen LogP contribution in [0.5, 0.6) is 5.75 Å². The van der Waals surface area contributed by atoms with Gasteiger partial charge in [0.2, 0.25) is 5.91 Å². The molecule has 17 heteroatoms. The largest absolute Gasteiger partial charge is 0.507 e. The summed E-state index contributed by atoms with van der Waals surface area (Å²) in [6.45, 7) is 11.2. The number of carbonyl (C=O) groups excluding carboxylic acids is 3. The highest BCUT2D eigenvalue weighted by Gasteiger charge is 2.37. The zero-order valence-electron chi connectivity index (χ0n) is 31.8. The lowest BCUT2D eigenvalue weighted by atomic mass is 9.85. The number of ether oxygens (including phenoxy) is 1. The predicted octanol–water partition coefficient (Wildman–Crippen LogP) is 7.63. The highest BCUT2D eigenvalue weighted by molar-refractivity contribution is 7.10. The van der Waals surface area contributed by atoms with E-state index in [0.29, 0.717) is 61.2 Å². The Bertz CT molecular complexity index is 1610. The molecular formula is C38H51F6N5O5S. The molecule has 2 saturated heterocycles. The molecule has 2 aromatic heterocycles. The van der Waals surface area contributed by atoms with E-state index in [1.54, 1.807) is 7.11 Å². The molecule has 3 aromatic rings. The van der Waals surface area contributed by atoms with Crippen LogP contribution < -0.4 is 10.2 Å². The number of pyridine rings is 1. The van der Waals surface area contributed by atoms with Gasteiger partial charge >= 0.3 is 12.4 Å². The Hall–Kier alpha value is -4.22. The van der Waals surface area contributed by atoms with Gasteiger partial charge in [-0.05, 0) is 51.1 Å². The lowest BCUT2D eigenvalue weighted by molar-refractivity contribution is -0.140. The van der Waals surface area contributed by atoms with Crippen molar-refractivity contribution in [3.8, 4) is 5.75 Å². The van der Waals surface area contributed by atoms with Crippen LogP contribution in [0.2, 0.25) is 0 Å². The van der Waals surface area contributed by atoms with Crippen LogP contribution in [-0.2, 0) is 21.9 Å². The number of amides is 2. The molecule has 4 heterocycles. The molecule has 10 nitrogen and oxygen atoms in total. The Morgan fingerprint density at radius 2 is 1.71 bits per heavy atom. The van der Waals surface area contributed by atoms with Gasteiger partial charge in [-0.15, -0.1) is 11.3 Å². The summed E-state index contributed by atoms with van der Waals surface area (Å²) in [6.07, 6.45) is -2.52. The van der Waals surface area contributed by atoms with E-state index in [0.717, 1.165) is 74.8 Å². The number of hydrogen-bond acceptors (Lipinski definition) is 9. The quantitative estimate of drug-likeness (QED) is 0.129. The molecule has 5 rings (SSSR count). The molecule has 0 aliphatic carbocycles. The number of rotatable bonds is 9. The number of piperazine rings is 1. The molecule has 2 unspecified atom stereocenters. The summed E-state index contributed by atoms with van der Waals surface area (Å²) >= 11 is 0.481. The average molecular weight is 804 g/mol. The smallest absolute Gasteiger partial charge is 0.425 e. The number of hydrogen-bond donors (Lipinski definition) is 2. The van der Waals surface area contributed by atoms with Gasteiger partial charge in [0, 0.05) is 81.0 Å². The molecule has 1 aromatic carbocycles. The molecule has 2 aliphatic heterocycles. The Labute approximate surface area is 322 Å². The number of thiophene rings is 1. The van der Waals surface area contributed by atoms with Gasteiger partial charge in [-0.25, -0.2) is 0 Å². The fourth-order valence-electron chi connectivity index (χ4n) is 6.17. The molecule has 2 amide bonds. The zero-order valence-corrected chi connectivity index (χ0v) is 32.6. The second-order valence-corrected chi connectivity index (χ2v) is 13.3. The second kappa shape index (κ2) is 23.0. The van der Waals surface area contributed by atoms with E-state index in [9.17, 15) is 40.7 Å². The minimum atomic E-state index is -4.49. The van der Waals surface area contributed by atoms with Gasteiger partial charge in [0.15, 0.2) is 6.29 Å². The summed E-state index contributed by atoms with van der Waals surface area (Å²) in [6, 6.07) is 9.54. The summed E-state index contributed by atoms with van der Waals surface area (Å²) in [5.74, 6) is 0.00970. The molecular weight excluding hydrogens is 753 g/mol. The zero-order chi connectivity index (χ0) is 41.2. The molecule has 306 valence electrons. The lowest BCUT2D eigenvalue weighted by Gasteiger charge is -2.43. The van der Waals surface area contributed by atoms with Crippen molar-refractivity contribution in [2.45, 2.75) is 64.8 Å². The first-order valence-corrected chi connectivity index (χ1v) is 18.9. The topological polar surface area (TPSA) is 115 Å². The maximum absolute atomic E-state index is 13.4. The maximum Gasteiger partial charge on any atom is 0.425 e. The first-order valence-electron chi connectivity index (χ1n) is 18.0. The van der Waals surface area contributed by atoms with Crippen molar-refractivity contribution in [1.82, 2.24) is 20.1 Å². The molecule has 2 fully saturated rings. The van der Waals surface area contributed by atoms with Gasteiger partial charge in [-0.2, -0.15) is 26.3 Å². The van der Waals surface area contributed by atoms with Gasteiger partial charge in [-0.3, -0.25) is 19.4 Å². The number of alkyl halides is 6. The third kappa shape index (κ3) is 14.4. The molecule has 0 radical (unpaired) electrons. The van der Waals surface area contributed by atoms with E-state index in [2.05, 4.69) is 34.1 Å². The Kier molecular flexibility index (Phi) is 19.6. The summed E-state index contributed by atoms with van der Waals surface area (Å²) < 4.78 is 76.3. The number of methoxy groups -OCH3 is 1. The summed E-state index contributed by atoms with van der Waals surface area (Å²) in [5, 5.41) is 12.5. The van der Waals surface area contributed by atoms with Crippen molar-refractivity contribution >= 4 is 35.1 Å². The van der Waals surface area contributed by atoms with Crippen LogP contribution in [0.15, 0.2) is 54.2 Å². The SMILES string of the molecule is CC.CCCC1C(C(=O)N2CCN(c3ccccc3C(=O)NCCOC)CC2)CCCN1C.O=Cc1cnccc1C(F)(F)F.Oc1csc(C(F)(F)F)c1. The minimum Gasteiger partial charge on any atom is -0.507 e. The monoisotopic (exact) mass is 803 g/mol. The standard InChI is InChI=1S/C24H38N4O3.C7H4F3NO.C5H3F3OS.C2H6/c1-4-8-21-20(10-7-13-26(21)2)24(30)28-16-14-27(15-17-28)22-11-6-5-9-19(22)23(29)25-12-18-31-3;8-7(9,10)6-1-2-11-3-5(6)4-12;6-5(7,8)4-1-3(9)2-10-4;1-2/h5-6,9,11,20-21H,4,7-8,10,12-18H2,1-3H3,(H,25,29);1-4H;1-2,9H;1-2H3. The van der Waals surface area contributed by atoms with E-state index < -0.39 is 28.4 Å². The van der Waals surface area contributed by atoms with Crippen LogP contribution in [-0.4, -0.2) is 104 Å². The highest BCUT2D eigenvalue weighted by atomic mass is 32.1. The molecule has 0 bridgehead atoms.